The second-order valence-corrected chi connectivity index (χ2v) is 8.83. The van der Waals surface area contributed by atoms with E-state index in [-0.39, 0.29) is 0 Å². The lowest BCUT2D eigenvalue weighted by atomic mass is 9.73. The highest BCUT2D eigenvalue weighted by atomic mass is 79.9. The molecule has 1 aliphatic carbocycles. The maximum Gasteiger partial charge on any atom is 0.0551 e. The Kier molecular flexibility index (Phi) is 6.00. The lowest BCUT2D eigenvalue weighted by Gasteiger charge is -2.49. The number of hydrogen-bond donors (Lipinski definition) is 1. The van der Waals surface area contributed by atoms with Crippen molar-refractivity contribution in [2.75, 3.05) is 13.1 Å². The Hall–Kier alpha value is -0.870. The maximum absolute atomic E-state index is 6.36. The summed E-state index contributed by atoms with van der Waals surface area (Å²) in [6.07, 6.45) is 5.08. The minimum atomic E-state index is 0.642. The Morgan fingerprint density at radius 1 is 1.00 bits per heavy atom. The van der Waals surface area contributed by atoms with E-state index in [4.69, 9.17) is 11.6 Å². The third kappa shape index (κ3) is 4.01. The number of nitrogens with zero attached hydrogens (tertiary/aromatic N) is 1. The molecular weight excluding hydrogens is 408 g/mol. The first kappa shape index (κ1) is 18.5. The normalized spacial score (nSPS) is 23.8. The highest BCUT2D eigenvalue weighted by Gasteiger charge is 2.39. The Labute approximate surface area is 170 Å². The molecule has 2 unspecified atom stereocenters. The van der Waals surface area contributed by atoms with E-state index in [0.717, 1.165) is 29.1 Å². The minimum Gasteiger partial charge on any atom is -0.317 e. The van der Waals surface area contributed by atoms with Gasteiger partial charge in [0.25, 0.3) is 0 Å². The Morgan fingerprint density at radius 2 is 1.77 bits per heavy atom. The average molecular weight is 434 g/mol. The van der Waals surface area contributed by atoms with E-state index < -0.39 is 0 Å². The summed E-state index contributed by atoms with van der Waals surface area (Å²) in [5.74, 6) is 0.664. The summed E-state index contributed by atoms with van der Waals surface area (Å²) in [5, 5.41) is 4.32. The summed E-state index contributed by atoms with van der Waals surface area (Å²) in [4.78, 5) is 2.78. The van der Waals surface area contributed by atoms with E-state index in [1.54, 1.807) is 0 Å². The predicted octanol–water partition coefficient (Wildman–Crippen LogP) is 5.60. The molecule has 2 atom stereocenters. The third-order valence-corrected chi connectivity index (χ3v) is 7.25. The summed E-state index contributed by atoms with van der Waals surface area (Å²) in [6.45, 7) is 3.25. The molecule has 0 radical (unpaired) electrons. The van der Waals surface area contributed by atoms with Gasteiger partial charge in [0.1, 0.15) is 0 Å². The first-order valence-electron chi connectivity index (χ1n) is 9.67. The topological polar surface area (TPSA) is 15.3 Å². The number of benzene rings is 2. The molecule has 0 bridgehead atoms. The van der Waals surface area contributed by atoms with Crippen LogP contribution in [0.25, 0.3) is 0 Å². The second-order valence-electron chi connectivity index (χ2n) is 7.56. The highest BCUT2D eigenvalue weighted by molar-refractivity contribution is 9.10. The summed E-state index contributed by atoms with van der Waals surface area (Å²) >= 11 is 9.87. The van der Waals surface area contributed by atoms with Crippen LogP contribution in [0.1, 0.15) is 42.7 Å². The van der Waals surface area contributed by atoms with Crippen LogP contribution in [0.3, 0.4) is 0 Å². The van der Waals surface area contributed by atoms with Crippen LogP contribution in [-0.2, 0) is 6.54 Å². The van der Waals surface area contributed by atoms with Crippen LogP contribution in [0, 0.1) is 0 Å². The molecule has 2 fully saturated rings. The van der Waals surface area contributed by atoms with E-state index in [0.29, 0.717) is 18.0 Å². The quantitative estimate of drug-likeness (QED) is 0.660. The van der Waals surface area contributed by atoms with Gasteiger partial charge in [-0.15, -0.1) is 0 Å². The van der Waals surface area contributed by atoms with Crippen LogP contribution in [0.15, 0.2) is 53.0 Å². The van der Waals surface area contributed by atoms with Crippen molar-refractivity contribution < 1.29 is 0 Å². The molecule has 0 spiro atoms. The van der Waals surface area contributed by atoms with Crippen molar-refractivity contribution in [1.29, 1.82) is 0 Å². The highest BCUT2D eigenvalue weighted by Crippen LogP contribution is 2.42. The molecule has 2 aliphatic rings. The van der Waals surface area contributed by atoms with Gasteiger partial charge in [-0.05, 0) is 83.9 Å². The van der Waals surface area contributed by atoms with Crippen LogP contribution < -0.4 is 5.32 Å². The monoisotopic (exact) mass is 432 g/mol. The van der Waals surface area contributed by atoms with Crippen LogP contribution in [0.4, 0.5) is 0 Å². The van der Waals surface area contributed by atoms with Crippen LogP contribution in [0.5, 0.6) is 0 Å². The number of rotatable bonds is 5. The van der Waals surface area contributed by atoms with Crippen molar-refractivity contribution >= 4 is 27.5 Å². The molecule has 1 N–H and O–H groups in total. The lowest BCUT2D eigenvalue weighted by Crippen LogP contribution is -2.53. The zero-order chi connectivity index (χ0) is 17.9. The number of halogens is 2. The smallest absolute Gasteiger partial charge is 0.0551 e. The molecule has 1 saturated carbocycles. The molecule has 2 nitrogen and oxygen atoms in total. The van der Waals surface area contributed by atoms with Gasteiger partial charge < -0.3 is 5.32 Å². The first-order valence-corrected chi connectivity index (χ1v) is 10.8. The largest absolute Gasteiger partial charge is 0.317 e. The van der Waals surface area contributed by atoms with Gasteiger partial charge in [0.05, 0.1) is 5.02 Å². The van der Waals surface area contributed by atoms with Crippen molar-refractivity contribution in [2.45, 2.75) is 50.2 Å². The van der Waals surface area contributed by atoms with Gasteiger partial charge in [-0.1, -0.05) is 48.0 Å². The SMILES string of the molecule is Clc1cc(CN(C2CCNCC2)C2CCC2c2ccccc2)ccc1Br. The number of hydrogen-bond acceptors (Lipinski definition) is 2. The average Bonchev–Trinajstić information content (AvgIpc) is 2.65. The van der Waals surface area contributed by atoms with Gasteiger partial charge >= 0.3 is 0 Å². The van der Waals surface area contributed by atoms with Gasteiger partial charge in [0, 0.05) is 23.1 Å². The summed E-state index contributed by atoms with van der Waals surface area (Å²) in [5.41, 5.74) is 2.81. The molecule has 2 aromatic rings. The van der Waals surface area contributed by atoms with Crippen LogP contribution in [-0.4, -0.2) is 30.1 Å². The molecule has 4 rings (SSSR count). The molecule has 0 aromatic heterocycles. The molecule has 26 heavy (non-hydrogen) atoms. The minimum absolute atomic E-state index is 0.642. The van der Waals surface area contributed by atoms with Crippen LogP contribution in [0.2, 0.25) is 5.02 Å². The fraction of sp³-hybridized carbons (Fsp3) is 0.455. The molecule has 1 heterocycles. The molecule has 138 valence electrons. The van der Waals surface area contributed by atoms with Gasteiger partial charge in [-0.25, -0.2) is 0 Å². The third-order valence-electron chi connectivity index (χ3n) is 6.02. The standard InChI is InChI=1S/C22H26BrClN2/c23-20-8-6-16(14-21(20)24)15-26(18-10-12-25-13-11-18)22-9-7-19(22)17-4-2-1-3-5-17/h1-6,8,14,18-19,22,25H,7,9-13,15H2. The van der Waals surface area contributed by atoms with Crippen molar-refractivity contribution in [3.63, 3.8) is 0 Å². The predicted molar refractivity (Wildman–Crippen MR) is 113 cm³/mol. The van der Waals surface area contributed by atoms with Crippen molar-refractivity contribution in [3.05, 3.63) is 69.2 Å². The lowest BCUT2D eigenvalue weighted by molar-refractivity contribution is 0.0378. The first-order chi connectivity index (χ1) is 12.7. The van der Waals surface area contributed by atoms with Gasteiger partial charge in [0.15, 0.2) is 0 Å². The van der Waals surface area contributed by atoms with Gasteiger partial charge in [0.2, 0.25) is 0 Å². The molecular formula is C22H26BrClN2. The fourth-order valence-corrected chi connectivity index (χ4v) is 4.92. The Bertz CT molecular complexity index is 730. The number of piperidine rings is 1. The molecule has 4 heteroatoms. The van der Waals surface area contributed by atoms with E-state index in [1.807, 2.05) is 0 Å². The summed E-state index contributed by atoms with van der Waals surface area (Å²) in [6, 6.07) is 18.8. The van der Waals surface area contributed by atoms with Crippen molar-refractivity contribution in [3.8, 4) is 0 Å². The zero-order valence-corrected chi connectivity index (χ0v) is 17.3. The number of nitrogens with one attached hydrogen (secondary N) is 1. The molecule has 2 aromatic carbocycles. The van der Waals surface area contributed by atoms with Gasteiger partial charge in [-0.3, -0.25) is 4.90 Å². The summed E-state index contributed by atoms with van der Waals surface area (Å²) < 4.78 is 0.974. The van der Waals surface area contributed by atoms with Crippen LogP contribution >= 0.6 is 27.5 Å². The fourth-order valence-electron chi connectivity index (χ4n) is 4.47. The summed E-state index contributed by atoms with van der Waals surface area (Å²) in [7, 11) is 0. The van der Waals surface area contributed by atoms with E-state index in [9.17, 15) is 0 Å². The Balaban J connectivity index is 1.57. The zero-order valence-electron chi connectivity index (χ0n) is 15.0. The van der Waals surface area contributed by atoms with E-state index >= 15 is 0 Å². The Morgan fingerprint density at radius 3 is 2.42 bits per heavy atom. The molecule has 0 amide bonds. The van der Waals surface area contributed by atoms with Crippen molar-refractivity contribution in [1.82, 2.24) is 10.2 Å². The molecule has 1 aliphatic heterocycles. The van der Waals surface area contributed by atoms with Crippen molar-refractivity contribution in [2.24, 2.45) is 0 Å². The maximum atomic E-state index is 6.36. The van der Waals surface area contributed by atoms with Gasteiger partial charge in [-0.2, -0.15) is 0 Å². The molecule has 1 saturated heterocycles. The van der Waals surface area contributed by atoms with E-state index in [2.05, 4.69) is 74.7 Å². The van der Waals surface area contributed by atoms with E-state index in [1.165, 1.54) is 36.8 Å². The second kappa shape index (κ2) is 8.43.